The third kappa shape index (κ3) is 4.34. The maximum absolute atomic E-state index is 12.9. The number of nitrogens with zero attached hydrogens (tertiary/aromatic N) is 2. The summed E-state index contributed by atoms with van der Waals surface area (Å²) in [6, 6.07) is 2.73. The monoisotopic (exact) mass is 406 g/mol. The second-order valence-electron chi connectivity index (χ2n) is 5.19. The zero-order valence-corrected chi connectivity index (χ0v) is 15.6. The second-order valence-corrected chi connectivity index (χ2v) is 6.66. The molecule has 0 atom stereocenters. The lowest BCUT2D eigenvalue weighted by molar-refractivity contribution is -0.137. The quantitative estimate of drug-likeness (QED) is 0.700. The molecule has 0 fully saturated rings. The molecule has 0 aliphatic rings. The van der Waals surface area contributed by atoms with Crippen LogP contribution in [0.4, 0.5) is 18.9 Å². The summed E-state index contributed by atoms with van der Waals surface area (Å²) in [6.45, 7) is 4.19. The summed E-state index contributed by atoms with van der Waals surface area (Å²) in [4.78, 5) is 28.0. The third-order valence-electron chi connectivity index (χ3n) is 3.21. The number of alkyl halides is 3. The Morgan fingerprint density at radius 1 is 1.31 bits per heavy atom. The van der Waals surface area contributed by atoms with Gasteiger partial charge in [0.05, 0.1) is 21.2 Å². The maximum atomic E-state index is 12.9. The van der Waals surface area contributed by atoms with Gasteiger partial charge in [0.25, 0.3) is 0 Å². The van der Waals surface area contributed by atoms with Gasteiger partial charge in [0.2, 0.25) is 11.8 Å². The van der Waals surface area contributed by atoms with E-state index in [2.05, 4.69) is 4.99 Å². The summed E-state index contributed by atoms with van der Waals surface area (Å²) in [5.74, 6) is -1.12. The zero-order chi connectivity index (χ0) is 19.6. The number of aryl methyl sites for hydroxylation is 1. The van der Waals surface area contributed by atoms with Crippen LogP contribution in [-0.2, 0) is 17.4 Å². The van der Waals surface area contributed by atoms with Crippen LogP contribution >= 0.6 is 22.9 Å². The number of halogens is 4. The molecule has 10 heteroatoms. The van der Waals surface area contributed by atoms with Gasteiger partial charge in [0.15, 0.2) is 4.80 Å². The lowest BCUT2D eigenvalue weighted by atomic mass is 10.2. The van der Waals surface area contributed by atoms with Crippen LogP contribution in [0.15, 0.2) is 23.2 Å². The van der Waals surface area contributed by atoms with Crippen molar-refractivity contribution in [3.05, 3.63) is 38.5 Å². The van der Waals surface area contributed by atoms with Crippen molar-refractivity contribution < 1.29 is 27.5 Å². The molecular formula is C16H14ClF3N2O3S. The van der Waals surface area contributed by atoms with Crippen molar-refractivity contribution in [2.24, 2.45) is 4.99 Å². The third-order valence-corrected chi connectivity index (χ3v) is 4.70. The molecule has 0 saturated carbocycles. The molecule has 0 unspecified atom stereocenters. The standard InChI is InChI=1S/C16H14ClF3N2O3S/c1-4-13-14(25-9(3)24)22(8(2)23)15(26-13)21-12-7-10(16(18,19)20)5-6-11(12)17/h5-7H,4H2,1-3H3. The largest absolute Gasteiger partial charge is 0.416 e. The molecule has 0 radical (unpaired) electrons. The summed E-state index contributed by atoms with van der Waals surface area (Å²) in [5, 5.41) is -0.00594. The highest BCUT2D eigenvalue weighted by Crippen LogP contribution is 2.35. The van der Waals surface area contributed by atoms with E-state index in [1.807, 2.05) is 0 Å². The van der Waals surface area contributed by atoms with E-state index in [0.29, 0.717) is 11.3 Å². The van der Waals surface area contributed by atoms with Crippen LogP contribution in [0.3, 0.4) is 0 Å². The average Bonchev–Trinajstić information content (AvgIpc) is 2.85. The van der Waals surface area contributed by atoms with E-state index in [1.54, 1.807) is 6.92 Å². The lowest BCUT2D eigenvalue weighted by Gasteiger charge is -2.08. The topological polar surface area (TPSA) is 60.7 Å². The number of esters is 1. The summed E-state index contributed by atoms with van der Waals surface area (Å²) in [5.41, 5.74) is -1.06. The van der Waals surface area contributed by atoms with Gasteiger partial charge in [-0.25, -0.2) is 9.56 Å². The van der Waals surface area contributed by atoms with Crippen LogP contribution in [0.5, 0.6) is 5.88 Å². The molecule has 2 rings (SSSR count). The molecule has 0 aliphatic heterocycles. The smallest absolute Gasteiger partial charge is 0.408 e. The first-order valence-corrected chi connectivity index (χ1v) is 8.59. The Kier molecular flexibility index (Phi) is 5.92. The van der Waals surface area contributed by atoms with Gasteiger partial charge in [0.1, 0.15) is 0 Å². The molecule has 5 nitrogen and oxygen atoms in total. The van der Waals surface area contributed by atoms with E-state index < -0.39 is 23.6 Å². The van der Waals surface area contributed by atoms with E-state index in [1.165, 1.54) is 13.8 Å². The Bertz CT molecular complexity index is 932. The predicted octanol–water partition coefficient (Wildman–Crippen LogP) is 4.60. The average molecular weight is 407 g/mol. The lowest BCUT2D eigenvalue weighted by Crippen LogP contribution is -2.22. The van der Waals surface area contributed by atoms with Crippen LogP contribution in [-0.4, -0.2) is 16.4 Å². The van der Waals surface area contributed by atoms with E-state index in [-0.39, 0.29) is 21.4 Å². The van der Waals surface area contributed by atoms with Gasteiger partial charge in [-0.05, 0) is 24.6 Å². The first kappa shape index (κ1) is 20.2. The predicted molar refractivity (Wildman–Crippen MR) is 91.0 cm³/mol. The van der Waals surface area contributed by atoms with Crippen molar-refractivity contribution in [2.45, 2.75) is 33.4 Å². The van der Waals surface area contributed by atoms with Crippen molar-refractivity contribution in [3.63, 3.8) is 0 Å². The van der Waals surface area contributed by atoms with Crippen molar-refractivity contribution >= 4 is 40.5 Å². The summed E-state index contributed by atoms with van der Waals surface area (Å²) in [6.07, 6.45) is -4.12. The summed E-state index contributed by atoms with van der Waals surface area (Å²) >= 11 is 6.99. The number of aromatic nitrogens is 1. The van der Waals surface area contributed by atoms with E-state index >= 15 is 0 Å². The van der Waals surface area contributed by atoms with Crippen LogP contribution < -0.4 is 9.54 Å². The highest BCUT2D eigenvalue weighted by molar-refractivity contribution is 7.09. The van der Waals surface area contributed by atoms with Crippen molar-refractivity contribution in [3.8, 4) is 5.88 Å². The molecule has 0 bridgehead atoms. The Labute approximate surface area is 155 Å². The molecule has 1 heterocycles. The number of hydrogen-bond donors (Lipinski definition) is 0. The normalized spacial score (nSPS) is 12.3. The zero-order valence-electron chi connectivity index (χ0n) is 14.0. The molecule has 0 saturated heterocycles. The number of benzene rings is 1. The Balaban J connectivity index is 2.74. The fourth-order valence-electron chi connectivity index (χ4n) is 2.10. The minimum absolute atomic E-state index is 0.00594. The number of rotatable bonds is 3. The fraction of sp³-hybridized carbons (Fsp3) is 0.312. The van der Waals surface area contributed by atoms with Gasteiger partial charge in [-0.15, -0.1) is 0 Å². The fourth-order valence-corrected chi connectivity index (χ4v) is 3.29. The molecule has 2 aromatic rings. The molecule has 0 spiro atoms. The Morgan fingerprint density at radius 3 is 2.46 bits per heavy atom. The Morgan fingerprint density at radius 2 is 1.96 bits per heavy atom. The van der Waals surface area contributed by atoms with Gasteiger partial charge in [-0.2, -0.15) is 13.2 Å². The molecule has 1 aromatic heterocycles. The molecule has 1 aromatic carbocycles. The van der Waals surface area contributed by atoms with Gasteiger partial charge in [-0.3, -0.25) is 9.59 Å². The number of carbonyl (C=O) groups is 2. The highest BCUT2D eigenvalue weighted by Gasteiger charge is 2.31. The summed E-state index contributed by atoms with van der Waals surface area (Å²) < 4.78 is 44.9. The van der Waals surface area contributed by atoms with Crippen LogP contribution in [0.25, 0.3) is 0 Å². The van der Waals surface area contributed by atoms with Gasteiger partial charge < -0.3 is 4.74 Å². The molecule has 140 valence electrons. The number of ether oxygens (including phenoxy) is 1. The molecular weight excluding hydrogens is 393 g/mol. The maximum Gasteiger partial charge on any atom is 0.416 e. The highest BCUT2D eigenvalue weighted by atomic mass is 35.5. The Hall–Kier alpha value is -2.13. The minimum atomic E-state index is -4.56. The molecule has 0 amide bonds. The number of carbonyl (C=O) groups excluding carboxylic acids is 2. The van der Waals surface area contributed by atoms with E-state index in [4.69, 9.17) is 16.3 Å². The van der Waals surface area contributed by atoms with Gasteiger partial charge >= 0.3 is 12.1 Å². The first-order chi connectivity index (χ1) is 12.0. The number of hydrogen-bond acceptors (Lipinski definition) is 5. The second kappa shape index (κ2) is 7.63. The van der Waals surface area contributed by atoms with E-state index in [9.17, 15) is 22.8 Å². The first-order valence-electron chi connectivity index (χ1n) is 7.40. The minimum Gasteiger partial charge on any atom is -0.408 e. The van der Waals surface area contributed by atoms with Crippen molar-refractivity contribution in [2.75, 3.05) is 0 Å². The van der Waals surface area contributed by atoms with Crippen molar-refractivity contribution in [1.29, 1.82) is 0 Å². The molecule has 0 N–H and O–H groups in total. The molecule has 26 heavy (non-hydrogen) atoms. The van der Waals surface area contributed by atoms with Crippen LogP contribution in [0.1, 0.15) is 36.0 Å². The summed E-state index contributed by atoms with van der Waals surface area (Å²) in [7, 11) is 0. The van der Waals surface area contributed by atoms with Gasteiger partial charge in [-0.1, -0.05) is 29.9 Å². The van der Waals surface area contributed by atoms with Crippen LogP contribution in [0.2, 0.25) is 5.02 Å². The van der Waals surface area contributed by atoms with Gasteiger partial charge in [0, 0.05) is 13.8 Å². The molecule has 0 aliphatic carbocycles. The van der Waals surface area contributed by atoms with Crippen molar-refractivity contribution in [1.82, 2.24) is 4.57 Å². The SMILES string of the molecule is CCc1sc(=Nc2cc(C(F)(F)F)ccc2Cl)n(C(C)=O)c1OC(C)=O. The van der Waals surface area contributed by atoms with E-state index in [0.717, 1.165) is 34.1 Å². The van der Waals surface area contributed by atoms with Crippen LogP contribution in [0, 0.1) is 0 Å². The number of thiazole rings is 1.